The molecule has 0 bridgehead atoms. The number of pyridine rings is 1. The fraction of sp³-hybridized carbons (Fsp3) is 0.423. The van der Waals surface area contributed by atoms with Crippen LogP contribution in [0, 0.1) is 18.6 Å². The topological polar surface area (TPSA) is 48.4 Å². The van der Waals surface area contributed by atoms with E-state index in [0.717, 1.165) is 30.8 Å². The summed E-state index contributed by atoms with van der Waals surface area (Å²) in [6.07, 6.45) is 3.92. The van der Waals surface area contributed by atoms with Crippen molar-refractivity contribution in [1.29, 1.82) is 0 Å². The summed E-state index contributed by atoms with van der Waals surface area (Å²) in [5.74, 6) is 0.998. The minimum atomic E-state index is -0.462. The second kappa shape index (κ2) is 9.16. The third-order valence-electron chi connectivity index (χ3n) is 6.93. The Labute approximate surface area is 199 Å². The number of hydrogen-bond acceptors (Lipinski definition) is 6. The fourth-order valence-corrected chi connectivity index (χ4v) is 5.05. The van der Waals surface area contributed by atoms with Crippen LogP contribution in [0.15, 0.2) is 42.6 Å². The van der Waals surface area contributed by atoms with Gasteiger partial charge in [0.15, 0.2) is 11.6 Å². The van der Waals surface area contributed by atoms with Crippen LogP contribution in [0.1, 0.15) is 32.3 Å². The molecule has 2 aromatic heterocycles. The van der Waals surface area contributed by atoms with Gasteiger partial charge in [0.2, 0.25) is 5.95 Å². The van der Waals surface area contributed by atoms with Crippen molar-refractivity contribution in [1.82, 2.24) is 15.0 Å². The molecule has 2 fully saturated rings. The minimum Gasteiger partial charge on any atom is -0.353 e. The molecule has 34 heavy (non-hydrogen) atoms. The Morgan fingerprint density at radius 1 is 0.882 bits per heavy atom. The molecule has 2 saturated heterocycles. The van der Waals surface area contributed by atoms with Crippen LogP contribution in [0.25, 0.3) is 11.3 Å². The van der Waals surface area contributed by atoms with E-state index >= 15 is 4.39 Å². The van der Waals surface area contributed by atoms with E-state index < -0.39 is 5.82 Å². The van der Waals surface area contributed by atoms with Crippen molar-refractivity contribution in [2.75, 3.05) is 40.9 Å². The van der Waals surface area contributed by atoms with E-state index in [9.17, 15) is 4.39 Å². The Balaban J connectivity index is 1.52. The number of rotatable bonds is 4. The minimum absolute atomic E-state index is 0.0180. The van der Waals surface area contributed by atoms with Crippen molar-refractivity contribution >= 4 is 17.6 Å². The maximum Gasteiger partial charge on any atom is 0.228 e. The molecule has 5 rings (SSSR count). The molecule has 8 heteroatoms. The highest BCUT2D eigenvalue weighted by Crippen LogP contribution is 2.34. The summed E-state index contributed by atoms with van der Waals surface area (Å²) in [4.78, 5) is 20.4. The summed E-state index contributed by atoms with van der Waals surface area (Å²) < 4.78 is 29.5. The SMILES string of the molecule is Cc1cccnc1N1CCN(c2nc(N3CCC[C@H]3C)nc(-c3ccc(F)cc3)c2F)[C@H](C)C1. The molecular formula is C26H30F2N6. The van der Waals surface area contributed by atoms with Crippen molar-refractivity contribution in [3.63, 3.8) is 0 Å². The first-order chi connectivity index (χ1) is 16.4. The lowest BCUT2D eigenvalue weighted by atomic mass is 10.1. The largest absolute Gasteiger partial charge is 0.353 e. The van der Waals surface area contributed by atoms with Crippen molar-refractivity contribution in [3.05, 3.63) is 59.8 Å². The summed E-state index contributed by atoms with van der Waals surface area (Å²) in [6.45, 7) is 9.17. The van der Waals surface area contributed by atoms with Crippen molar-refractivity contribution in [2.24, 2.45) is 0 Å². The lowest BCUT2D eigenvalue weighted by Crippen LogP contribution is -2.53. The first-order valence-electron chi connectivity index (χ1n) is 12.0. The summed E-state index contributed by atoms with van der Waals surface area (Å²) in [7, 11) is 0. The van der Waals surface area contributed by atoms with Crippen molar-refractivity contribution < 1.29 is 8.78 Å². The van der Waals surface area contributed by atoms with E-state index in [4.69, 9.17) is 4.98 Å². The van der Waals surface area contributed by atoms with E-state index in [-0.39, 0.29) is 17.6 Å². The van der Waals surface area contributed by atoms with Gasteiger partial charge in [0.05, 0.1) is 0 Å². The molecule has 2 atom stereocenters. The lowest BCUT2D eigenvalue weighted by molar-refractivity contribution is 0.521. The molecule has 1 aromatic carbocycles. The predicted molar refractivity (Wildman–Crippen MR) is 131 cm³/mol. The van der Waals surface area contributed by atoms with Crippen LogP contribution in [0.4, 0.5) is 26.4 Å². The monoisotopic (exact) mass is 464 g/mol. The Hall–Kier alpha value is -3.29. The maximum absolute atomic E-state index is 16.0. The molecule has 4 heterocycles. The normalized spacial score (nSPS) is 20.8. The Kier molecular flexibility index (Phi) is 6.06. The number of nitrogens with zero attached hydrogens (tertiary/aromatic N) is 6. The van der Waals surface area contributed by atoms with E-state index in [2.05, 4.69) is 46.6 Å². The quantitative estimate of drug-likeness (QED) is 0.551. The number of anilines is 3. The maximum atomic E-state index is 16.0. The highest BCUT2D eigenvalue weighted by Gasteiger charge is 2.32. The Morgan fingerprint density at radius 3 is 2.35 bits per heavy atom. The van der Waals surface area contributed by atoms with Crippen LogP contribution in [-0.4, -0.2) is 53.2 Å². The highest BCUT2D eigenvalue weighted by molar-refractivity contribution is 5.67. The van der Waals surface area contributed by atoms with Crippen molar-refractivity contribution in [3.8, 4) is 11.3 Å². The molecule has 0 aliphatic carbocycles. The van der Waals surface area contributed by atoms with Gasteiger partial charge in [-0.2, -0.15) is 4.98 Å². The molecule has 3 aromatic rings. The summed E-state index contributed by atoms with van der Waals surface area (Å²) >= 11 is 0. The lowest BCUT2D eigenvalue weighted by Gasteiger charge is -2.41. The average molecular weight is 465 g/mol. The van der Waals surface area contributed by atoms with Crippen LogP contribution in [-0.2, 0) is 0 Å². The molecule has 178 valence electrons. The standard InChI is InChI=1S/C26H30F2N6/c1-17-6-4-12-29-24(17)32-14-15-33(19(3)16-32)25-22(28)23(20-8-10-21(27)11-9-20)30-26(31-25)34-13-5-7-18(34)2/h4,6,8-12,18-19H,5,7,13-16H2,1-3H3/t18-,19-/m1/s1. The first kappa shape index (κ1) is 22.5. The van der Waals surface area contributed by atoms with Crippen LogP contribution in [0.3, 0.4) is 0 Å². The third-order valence-corrected chi connectivity index (χ3v) is 6.93. The molecule has 0 spiro atoms. The Morgan fingerprint density at radius 2 is 1.68 bits per heavy atom. The zero-order valence-electron chi connectivity index (χ0n) is 19.9. The molecule has 0 unspecified atom stereocenters. The van der Waals surface area contributed by atoms with Gasteiger partial charge in [0.25, 0.3) is 0 Å². The number of halogens is 2. The van der Waals surface area contributed by atoms with Gasteiger partial charge in [-0.15, -0.1) is 0 Å². The second-order valence-corrected chi connectivity index (χ2v) is 9.33. The van der Waals surface area contributed by atoms with E-state index in [0.29, 0.717) is 43.0 Å². The average Bonchev–Trinajstić information content (AvgIpc) is 3.26. The van der Waals surface area contributed by atoms with Crippen LogP contribution >= 0.6 is 0 Å². The van der Waals surface area contributed by atoms with Gasteiger partial charge in [-0.1, -0.05) is 6.07 Å². The van der Waals surface area contributed by atoms with Crippen LogP contribution in [0.2, 0.25) is 0 Å². The molecule has 2 aliphatic heterocycles. The van der Waals surface area contributed by atoms with Gasteiger partial charge in [-0.05, 0) is 69.5 Å². The number of hydrogen-bond donors (Lipinski definition) is 0. The molecule has 0 radical (unpaired) electrons. The van der Waals surface area contributed by atoms with E-state index in [1.54, 1.807) is 12.1 Å². The second-order valence-electron chi connectivity index (χ2n) is 9.33. The zero-order valence-corrected chi connectivity index (χ0v) is 19.9. The van der Waals surface area contributed by atoms with Crippen LogP contribution in [0.5, 0.6) is 0 Å². The zero-order chi connectivity index (χ0) is 23.8. The van der Waals surface area contributed by atoms with Crippen molar-refractivity contribution in [2.45, 2.75) is 45.7 Å². The van der Waals surface area contributed by atoms with Crippen LogP contribution < -0.4 is 14.7 Å². The summed E-state index contributed by atoms with van der Waals surface area (Å²) in [6, 6.07) is 10.1. The molecule has 6 nitrogen and oxygen atoms in total. The molecule has 0 saturated carbocycles. The smallest absolute Gasteiger partial charge is 0.228 e. The van der Waals surface area contributed by atoms with Gasteiger partial charge >= 0.3 is 0 Å². The number of aryl methyl sites for hydroxylation is 1. The highest BCUT2D eigenvalue weighted by atomic mass is 19.1. The molecule has 0 N–H and O–H groups in total. The van der Waals surface area contributed by atoms with E-state index in [1.807, 2.05) is 17.2 Å². The summed E-state index contributed by atoms with van der Waals surface area (Å²) in [5, 5.41) is 0. The van der Waals surface area contributed by atoms with Gasteiger partial charge < -0.3 is 14.7 Å². The number of aromatic nitrogens is 3. The molecule has 2 aliphatic rings. The van der Waals surface area contributed by atoms with E-state index in [1.165, 1.54) is 12.1 Å². The third kappa shape index (κ3) is 4.17. The van der Waals surface area contributed by atoms with Gasteiger partial charge in [0, 0.05) is 50.0 Å². The summed E-state index contributed by atoms with van der Waals surface area (Å²) in [5.41, 5.74) is 1.89. The van der Waals surface area contributed by atoms with Gasteiger partial charge in [0.1, 0.15) is 17.3 Å². The number of benzene rings is 1. The molecular weight excluding hydrogens is 434 g/mol. The van der Waals surface area contributed by atoms with Gasteiger partial charge in [-0.3, -0.25) is 0 Å². The molecule has 0 amide bonds. The number of piperazine rings is 1. The Bertz CT molecular complexity index is 1170. The van der Waals surface area contributed by atoms with Gasteiger partial charge in [-0.25, -0.2) is 18.7 Å². The first-order valence-corrected chi connectivity index (χ1v) is 12.0. The fourth-order valence-electron chi connectivity index (χ4n) is 5.05. The predicted octanol–water partition coefficient (Wildman–Crippen LogP) is 4.83.